The second-order valence-electron chi connectivity index (χ2n) is 16.9. The standard InChI is InChI=1S/C48H70O4S6/c1-4-19-39-45(31-43-40(55-43)26-15-11-7-9-13-20-34-22-17-24-36(28-34)51-47(49)5-2)57-58-46(42(54-39)30-38-33-53-38)32-44-41(56-44)27-16-12-8-10-14-21-35-23-18-25-37(29-35)52-48(50)6-3/h17-18,22-25,28-29,38-46H,4-16,19-21,26-27,30-33H2,1-3H3/t38?,39?,40?,41?,42?,43?,44-,45?,46?/m0/s1. The van der Waals surface area contributed by atoms with Crippen molar-refractivity contribution in [2.24, 2.45) is 0 Å². The molecule has 4 aliphatic heterocycles. The Kier molecular flexibility index (Phi) is 20.7. The topological polar surface area (TPSA) is 52.6 Å². The van der Waals surface area contributed by atoms with Gasteiger partial charge in [0, 0.05) is 65.8 Å². The number of unbranched alkanes of at least 4 members (excludes halogenated alkanes) is 8. The third kappa shape index (κ3) is 17.0. The Hall–Kier alpha value is -0.520. The minimum atomic E-state index is -0.164. The molecule has 4 fully saturated rings. The molecule has 0 amide bonds. The summed E-state index contributed by atoms with van der Waals surface area (Å²) in [5.74, 6) is 2.44. The van der Waals surface area contributed by atoms with Crippen molar-refractivity contribution in [1.82, 2.24) is 0 Å². The number of esters is 2. The number of hydrogen-bond acceptors (Lipinski definition) is 10. The van der Waals surface area contributed by atoms with Gasteiger partial charge in [-0.3, -0.25) is 9.59 Å². The first kappa shape index (κ1) is 47.0. The molecule has 0 bridgehead atoms. The Balaban J connectivity index is 0.840. The van der Waals surface area contributed by atoms with Crippen LogP contribution in [-0.4, -0.2) is 64.9 Å². The van der Waals surface area contributed by atoms with E-state index in [1.165, 1.54) is 126 Å². The summed E-state index contributed by atoms with van der Waals surface area (Å²) in [7, 11) is 4.65. The number of rotatable bonds is 28. The number of ether oxygens (including phenoxy) is 2. The third-order valence-corrected chi connectivity index (χ3v) is 21.5. The zero-order valence-electron chi connectivity index (χ0n) is 35.5. The molecule has 0 spiro atoms. The number of aryl methyl sites for hydroxylation is 2. The van der Waals surface area contributed by atoms with Crippen LogP contribution in [0.15, 0.2) is 48.5 Å². The molecule has 9 atom stereocenters. The molecule has 6 rings (SSSR count). The fourth-order valence-corrected chi connectivity index (χ4v) is 18.1. The Morgan fingerprint density at radius 2 is 0.966 bits per heavy atom. The van der Waals surface area contributed by atoms with E-state index in [9.17, 15) is 9.59 Å². The molecule has 2 aromatic carbocycles. The summed E-state index contributed by atoms with van der Waals surface area (Å²) < 4.78 is 10.8. The number of thioether (sulfide) groups is 4. The number of carbonyl (C=O) groups excluding carboxylic acids is 2. The average Bonchev–Trinajstić information content (AvgIpc) is 4.13. The second kappa shape index (κ2) is 25.6. The smallest absolute Gasteiger partial charge is 0.310 e. The first-order valence-corrected chi connectivity index (χ1v) is 29.0. The van der Waals surface area contributed by atoms with E-state index in [4.69, 9.17) is 9.47 Å². The monoisotopic (exact) mass is 902 g/mol. The summed E-state index contributed by atoms with van der Waals surface area (Å²) in [6.07, 6.45) is 25.9. The van der Waals surface area contributed by atoms with Crippen molar-refractivity contribution in [2.45, 2.75) is 203 Å². The molecule has 0 aromatic heterocycles. The van der Waals surface area contributed by atoms with Crippen LogP contribution < -0.4 is 9.47 Å². The fraction of sp³-hybridized carbons (Fsp3) is 0.708. The summed E-state index contributed by atoms with van der Waals surface area (Å²) in [6.45, 7) is 6.08. The minimum absolute atomic E-state index is 0.164. The molecule has 10 heteroatoms. The van der Waals surface area contributed by atoms with Crippen LogP contribution in [0.5, 0.6) is 11.5 Å². The van der Waals surface area contributed by atoms with Crippen molar-refractivity contribution in [2.75, 3.05) is 5.75 Å². The van der Waals surface area contributed by atoms with E-state index in [1.807, 2.05) is 50.2 Å². The van der Waals surface area contributed by atoms with Crippen LogP contribution in [-0.2, 0) is 22.4 Å². The normalized spacial score (nSPS) is 27.5. The van der Waals surface area contributed by atoms with E-state index in [1.54, 1.807) is 0 Å². The fourth-order valence-electron chi connectivity index (χ4n) is 8.34. The first-order chi connectivity index (χ1) is 28.4. The molecule has 4 saturated heterocycles. The summed E-state index contributed by atoms with van der Waals surface area (Å²) >= 11 is 9.26. The van der Waals surface area contributed by atoms with Gasteiger partial charge in [-0.1, -0.05) is 124 Å². The molecule has 0 radical (unpaired) electrons. The molecular weight excluding hydrogens is 833 g/mol. The molecule has 2 aromatic rings. The highest BCUT2D eigenvalue weighted by Crippen LogP contribution is 2.58. The predicted octanol–water partition coefficient (Wildman–Crippen LogP) is 14.4. The van der Waals surface area contributed by atoms with Crippen molar-refractivity contribution in [1.29, 1.82) is 0 Å². The van der Waals surface area contributed by atoms with Gasteiger partial charge in [-0.25, -0.2) is 0 Å². The zero-order valence-corrected chi connectivity index (χ0v) is 40.4. The van der Waals surface area contributed by atoms with Crippen LogP contribution in [0.4, 0.5) is 0 Å². The van der Waals surface area contributed by atoms with Crippen molar-refractivity contribution in [3.8, 4) is 11.5 Å². The lowest BCUT2D eigenvalue weighted by atomic mass is 10.0. The highest BCUT2D eigenvalue weighted by atomic mass is 33.1. The molecule has 4 heterocycles. The van der Waals surface area contributed by atoms with Crippen LogP contribution in [0.2, 0.25) is 0 Å². The van der Waals surface area contributed by atoms with Gasteiger partial charge < -0.3 is 9.47 Å². The van der Waals surface area contributed by atoms with Crippen molar-refractivity contribution in [3.63, 3.8) is 0 Å². The van der Waals surface area contributed by atoms with Crippen molar-refractivity contribution < 1.29 is 19.1 Å². The quantitative estimate of drug-likeness (QED) is 0.0271. The minimum Gasteiger partial charge on any atom is -0.427 e. The van der Waals surface area contributed by atoms with Crippen LogP contribution >= 0.6 is 68.6 Å². The molecule has 4 aliphatic rings. The van der Waals surface area contributed by atoms with Crippen LogP contribution in [0.1, 0.15) is 154 Å². The van der Waals surface area contributed by atoms with Crippen molar-refractivity contribution in [3.05, 3.63) is 59.7 Å². The Bertz CT molecular complexity index is 1540. The van der Waals surface area contributed by atoms with Gasteiger partial charge in [0.2, 0.25) is 0 Å². The van der Waals surface area contributed by atoms with Gasteiger partial charge in [0.1, 0.15) is 11.5 Å². The number of hydrogen-bond donors (Lipinski definition) is 0. The van der Waals surface area contributed by atoms with E-state index in [0.29, 0.717) is 24.3 Å². The largest absolute Gasteiger partial charge is 0.427 e. The van der Waals surface area contributed by atoms with Gasteiger partial charge in [0.15, 0.2) is 0 Å². The van der Waals surface area contributed by atoms with Gasteiger partial charge in [-0.2, -0.15) is 47.0 Å². The zero-order chi connectivity index (χ0) is 40.5. The second-order valence-corrected chi connectivity index (χ2v) is 25.5. The lowest BCUT2D eigenvalue weighted by molar-refractivity contribution is -0.134. The molecule has 8 unspecified atom stereocenters. The lowest BCUT2D eigenvalue weighted by Crippen LogP contribution is -2.27. The summed E-state index contributed by atoms with van der Waals surface area (Å²) in [6, 6.07) is 16.2. The molecule has 0 N–H and O–H groups in total. The SMILES string of the molecule is CCCC1SC(CC2CS2)C(C[C@@H]2SC2CCCCCCCc2cccc(OC(=O)CC)c2)SSC1CC1SC1CCCCCCCc1cccc(OC(=O)CC)c1. The van der Waals surface area contributed by atoms with Crippen molar-refractivity contribution >= 4 is 80.6 Å². The molecule has 0 saturated carbocycles. The maximum atomic E-state index is 11.6. The van der Waals surface area contributed by atoms with Gasteiger partial charge >= 0.3 is 11.9 Å². The van der Waals surface area contributed by atoms with E-state index in [0.717, 1.165) is 60.1 Å². The van der Waals surface area contributed by atoms with Crippen LogP contribution in [0.25, 0.3) is 0 Å². The maximum Gasteiger partial charge on any atom is 0.310 e. The molecule has 0 aliphatic carbocycles. The van der Waals surface area contributed by atoms with Gasteiger partial charge in [0.05, 0.1) is 0 Å². The van der Waals surface area contributed by atoms with E-state index < -0.39 is 0 Å². The predicted molar refractivity (Wildman–Crippen MR) is 261 cm³/mol. The summed E-state index contributed by atoms with van der Waals surface area (Å²) in [4.78, 5) is 23.3. The van der Waals surface area contributed by atoms with E-state index in [-0.39, 0.29) is 11.9 Å². The lowest BCUT2D eigenvalue weighted by Gasteiger charge is -2.27. The third-order valence-electron chi connectivity index (χ3n) is 12.0. The first-order valence-electron chi connectivity index (χ1n) is 22.9. The number of benzene rings is 2. The summed E-state index contributed by atoms with van der Waals surface area (Å²) in [5.41, 5.74) is 2.55. The highest BCUT2D eigenvalue weighted by molar-refractivity contribution is 8.77. The van der Waals surface area contributed by atoms with Gasteiger partial charge in [-0.15, -0.1) is 0 Å². The highest BCUT2D eigenvalue weighted by Gasteiger charge is 2.46. The molecule has 4 nitrogen and oxygen atoms in total. The number of carbonyl (C=O) groups is 2. The maximum absolute atomic E-state index is 11.6. The Morgan fingerprint density at radius 3 is 1.43 bits per heavy atom. The summed E-state index contributed by atoms with van der Waals surface area (Å²) in [5, 5.41) is 7.83. The van der Waals surface area contributed by atoms with E-state index >= 15 is 0 Å². The molecule has 322 valence electrons. The Morgan fingerprint density at radius 1 is 0.534 bits per heavy atom. The molecule has 58 heavy (non-hydrogen) atoms. The molecular formula is C48H70O4S6. The van der Waals surface area contributed by atoms with Crippen LogP contribution in [0, 0.1) is 0 Å². The van der Waals surface area contributed by atoms with Gasteiger partial charge in [0.25, 0.3) is 0 Å². The van der Waals surface area contributed by atoms with Crippen LogP contribution in [0.3, 0.4) is 0 Å². The van der Waals surface area contributed by atoms with Gasteiger partial charge in [-0.05, 0) is 99.6 Å². The Labute approximate surface area is 376 Å². The average molecular weight is 903 g/mol. The van der Waals surface area contributed by atoms with E-state index in [2.05, 4.69) is 87.7 Å².